The summed E-state index contributed by atoms with van der Waals surface area (Å²) in [5.41, 5.74) is 0.446. The number of hydrogen-bond acceptors (Lipinski definition) is 7. The molecule has 2 atom stereocenters. The highest BCUT2D eigenvalue weighted by Gasteiger charge is 2.37. The average molecular weight is 448 g/mol. The van der Waals surface area contributed by atoms with Crippen molar-refractivity contribution in [2.24, 2.45) is 0 Å². The fourth-order valence-electron chi connectivity index (χ4n) is 4.46. The zero-order chi connectivity index (χ0) is 22.5. The maximum Gasteiger partial charge on any atom is 0.408 e. The van der Waals surface area contributed by atoms with Gasteiger partial charge in [0, 0.05) is 17.7 Å². The van der Waals surface area contributed by atoms with Gasteiger partial charge in [0.1, 0.15) is 12.4 Å². The summed E-state index contributed by atoms with van der Waals surface area (Å²) >= 11 is 0. The van der Waals surface area contributed by atoms with E-state index in [2.05, 4.69) is 15.0 Å². The molecule has 2 aromatic heterocycles. The smallest absolute Gasteiger partial charge is 0.377 e. The highest BCUT2D eigenvalue weighted by atomic mass is 19.4. The molecule has 2 unspecified atom stereocenters. The van der Waals surface area contributed by atoms with Crippen molar-refractivity contribution in [1.29, 1.82) is 0 Å². The van der Waals surface area contributed by atoms with Gasteiger partial charge in [0.25, 0.3) is 5.69 Å². The van der Waals surface area contributed by atoms with Gasteiger partial charge in [-0.1, -0.05) is 0 Å². The van der Waals surface area contributed by atoms with E-state index in [1.807, 2.05) is 0 Å². The summed E-state index contributed by atoms with van der Waals surface area (Å²) in [6.07, 6.45) is -0.253. The molecule has 2 aliphatic rings. The van der Waals surface area contributed by atoms with Gasteiger partial charge in [0.05, 0.1) is 41.8 Å². The predicted octanol–water partition coefficient (Wildman–Crippen LogP) is 3.72. The van der Waals surface area contributed by atoms with Crippen LogP contribution in [-0.4, -0.2) is 56.1 Å². The summed E-state index contributed by atoms with van der Waals surface area (Å²) in [7, 11) is 0. The number of ether oxygens (including phenoxy) is 1. The quantitative estimate of drug-likeness (QED) is 0.443. The lowest BCUT2D eigenvalue weighted by atomic mass is 9.94. The van der Waals surface area contributed by atoms with Gasteiger partial charge in [-0.3, -0.25) is 10.1 Å². The Balaban J connectivity index is 1.67. The van der Waals surface area contributed by atoms with Crippen molar-refractivity contribution in [2.75, 3.05) is 18.1 Å². The van der Waals surface area contributed by atoms with E-state index in [0.717, 1.165) is 23.9 Å². The number of aromatic nitrogens is 4. The van der Waals surface area contributed by atoms with Gasteiger partial charge in [-0.2, -0.15) is 18.3 Å². The van der Waals surface area contributed by atoms with Crippen LogP contribution in [0.4, 0.5) is 24.7 Å². The number of anilines is 1. The Morgan fingerprint density at radius 1 is 1.12 bits per heavy atom. The third-order valence-electron chi connectivity index (χ3n) is 5.87. The maximum absolute atomic E-state index is 13.1. The first-order chi connectivity index (χ1) is 15.3. The summed E-state index contributed by atoms with van der Waals surface area (Å²) in [5, 5.41) is 15.4. The van der Waals surface area contributed by atoms with E-state index < -0.39 is 17.6 Å². The van der Waals surface area contributed by atoms with E-state index in [9.17, 15) is 23.3 Å². The second-order valence-corrected chi connectivity index (χ2v) is 8.01. The molecule has 0 spiro atoms. The van der Waals surface area contributed by atoms with Gasteiger partial charge >= 0.3 is 6.18 Å². The van der Waals surface area contributed by atoms with E-state index in [-0.39, 0.29) is 29.2 Å². The Morgan fingerprint density at radius 3 is 2.44 bits per heavy atom. The number of morpholine rings is 1. The molecule has 0 N–H and O–H groups in total. The molecule has 4 heterocycles. The Kier molecular flexibility index (Phi) is 4.96. The third kappa shape index (κ3) is 3.74. The lowest BCUT2D eigenvalue weighted by molar-refractivity contribution is -0.384. The molecule has 12 heteroatoms. The average Bonchev–Trinajstić information content (AvgIpc) is 3.13. The second kappa shape index (κ2) is 7.69. The number of rotatable bonds is 4. The third-order valence-corrected chi connectivity index (χ3v) is 5.87. The molecule has 0 aliphatic carbocycles. The summed E-state index contributed by atoms with van der Waals surface area (Å²) in [6, 6.07) is 5.76. The van der Waals surface area contributed by atoms with E-state index in [4.69, 9.17) is 9.72 Å². The molecule has 9 nitrogen and oxygen atoms in total. The molecule has 0 radical (unpaired) electrons. The van der Waals surface area contributed by atoms with Crippen LogP contribution in [0.2, 0.25) is 0 Å². The first-order valence-electron chi connectivity index (χ1n) is 10.2. The number of halogens is 3. The molecule has 32 heavy (non-hydrogen) atoms. The van der Waals surface area contributed by atoms with Crippen LogP contribution in [-0.2, 0) is 11.3 Å². The first-order valence-corrected chi connectivity index (χ1v) is 10.2. The van der Waals surface area contributed by atoms with Gasteiger partial charge in [-0.25, -0.2) is 14.6 Å². The topological polar surface area (TPSA) is 99.2 Å². The number of hydrogen-bond donors (Lipinski definition) is 0. The van der Waals surface area contributed by atoms with Crippen LogP contribution in [0, 0.1) is 10.1 Å². The number of nitro benzene ring substituents is 1. The minimum Gasteiger partial charge on any atom is -0.377 e. The summed E-state index contributed by atoms with van der Waals surface area (Å²) in [5.74, 6) is 0.714. The lowest BCUT2D eigenvalue weighted by Gasteiger charge is -2.46. The van der Waals surface area contributed by atoms with E-state index in [0.29, 0.717) is 30.0 Å². The number of nitrogens with zero attached hydrogens (tertiary/aromatic N) is 6. The highest BCUT2D eigenvalue weighted by molar-refractivity contribution is 5.89. The van der Waals surface area contributed by atoms with E-state index in [1.165, 1.54) is 30.5 Å². The van der Waals surface area contributed by atoms with Gasteiger partial charge in [-0.05, 0) is 31.4 Å². The highest BCUT2D eigenvalue weighted by Crippen LogP contribution is 2.37. The monoisotopic (exact) mass is 448 g/mol. The molecule has 2 bridgehead atoms. The Morgan fingerprint density at radius 2 is 1.81 bits per heavy atom. The molecule has 3 aromatic rings. The van der Waals surface area contributed by atoms with Crippen molar-refractivity contribution in [3.05, 3.63) is 40.6 Å². The van der Waals surface area contributed by atoms with Crippen molar-refractivity contribution < 1.29 is 22.8 Å². The van der Waals surface area contributed by atoms with E-state index in [1.54, 1.807) is 0 Å². The van der Waals surface area contributed by atoms with Crippen molar-refractivity contribution in [1.82, 2.24) is 19.7 Å². The first kappa shape index (κ1) is 20.6. The van der Waals surface area contributed by atoms with Crippen LogP contribution in [0.15, 0.2) is 30.5 Å². The van der Waals surface area contributed by atoms with Crippen molar-refractivity contribution >= 4 is 22.5 Å². The number of nitro groups is 1. The summed E-state index contributed by atoms with van der Waals surface area (Å²) < 4.78 is 45.9. The minimum atomic E-state index is -4.47. The number of alkyl halides is 3. The van der Waals surface area contributed by atoms with Gasteiger partial charge in [0.15, 0.2) is 11.5 Å². The van der Waals surface area contributed by atoms with Crippen LogP contribution in [0.5, 0.6) is 0 Å². The Labute approximate surface area is 180 Å². The largest absolute Gasteiger partial charge is 0.408 e. The number of non-ortho nitro benzene ring substituents is 1. The second-order valence-electron chi connectivity index (χ2n) is 8.01. The molecule has 2 saturated heterocycles. The molecule has 2 aliphatic heterocycles. The van der Waals surface area contributed by atoms with Crippen LogP contribution in [0.25, 0.3) is 22.4 Å². The summed E-state index contributed by atoms with van der Waals surface area (Å²) in [4.78, 5) is 21.7. The van der Waals surface area contributed by atoms with Gasteiger partial charge in [0.2, 0.25) is 0 Å². The molecule has 5 rings (SSSR count). The Hall–Kier alpha value is -3.28. The fraction of sp³-hybridized carbons (Fsp3) is 0.450. The zero-order valence-corrected chi connectivity index (χ0v) is 16.8. The number of benzene rings is 1. The van der Waals surface area contributed by atoms with Gasteiger partial charge < -0.3 is 9.64 Å². The molecule has 2 fully saturated rings. The minimum absolute atomic E-state index is 0.0660. The molecular formula is C20H19F3N6O3. The zero-order valence-electron chi connectivity index (χ0n) is 16.8. The maximum atomic E-state index is 13.1. The van der Waals surface area contributed by atoms with Crippen LogP contribution in [0.3, 0.4) is 0 Å². The molecule has 0 amide bonds. The Bertz CT molecular complexity index is 1140. The standard InChI is InChI=1S/C20H19F3N6O3/c21-20(22,23)11-27-18-16(8-24-27)19(28-14-2-1-3-15(28)10-32-9-14)26-17(25-18)12-4-6-13(7-5-12)29(30)31/h4-8,14-15H,1-3,9-11H2. The molecule has 168 valence electrons. The SMILES string of the molecule is O=[N+]([O-])c1ccc(-c2nc(N3C4CCCC3COC4)c3cnn(CC(F)(F)F)c3n2)cc1. The van der Waals surface area contributed by atoms with Gasteiger partial charge in [-0.15, -0.1) is 0 Å². The van der Waals surface area contributed by atoms with Crippen LogP contribution < -0.4 is 4.90 Å². The lowest BCUT2D eigenvalue weighted by Crippen LogP contribution is -2.55. The van der Waals surface area contributed by atoms with Crippen molar-refractivity contribution in [3.63, 3.8) is 0 Å². The van der Waals surface area contributed by atoms with Crippen LogP contribution >= 0.6 is 0 Å². The number of fused-ring (bicyclic) bond motifs is 3. The van der Waals surface area contributed by atoms with Crippen molar-refractivity contribution in [3.8, 4) is 11.4 Å². The van der Waals surface area contributed by atoms with Crippen LogP contribution in [0.1, 0.15) is 19.3 Å². The van der Waals surface area contributed by atoms with Crippen molar-refractivity contribution in [2.45, 2.75) is 44.1 Å². The summed E-state index contributed by atoms with van der Waals surface area (Å²) in [6.45, 7) is -0.236. The molecule has 1 aromatic carbocycles. The fourth-order valence-corrected chi connectivity index (χ4v) is 4.46. The molecular weight excluding hydrogens is 429 g/mol. The predicted molar refractivity (Wildman–Crippen MR) is 108 cm³/mol. The number of piperidine rings is 1. The normalized spacial score (nSPS) is 21.2. The van der Waals surface area contributed by atoms with E-state index >= 15 is 0 Å². The molecule has 0 saturated carbocycles.